The van der Waals surface area contributed by atoms with Crippen LogP contribution in [-0.4, -0.2) is 17.0 Å². The molecule has 5 heteroatoms. The van der Waals surface area contributed by atoms with Gasteiger partial charge in [-0.2, -0.15) is 0 Å². The Kier molecular flexibility index (Phi) is 5.34. The normalized spacial score (nSPS) is 11.2. The summed E-state index contributed by atoms with van der Waals surface area (Å²) < 4.78 is 1.08. The van der Waals surface area contributed by atoms with E-state index >= 15 is 0 Å². The average Bonchev–Trinajstić information content (AvgIpc) is 2.20. The van der Waals surface area contributed by atoms with Gasteiger partial charge in [0.1, 0.15) is 0 Å². The first-order valence-electron chi connectivity index (χ1n) is 5.97. The third-order valence-corrected chi connectivity index (χ3v) is 3.89. The third-order valence-electron chi connectivity index (χ3n) is 2.72. The number of carbonyl (C=O) groups is 2. The van der Waals surface area contributed by atoms with Crippen molar-refractivity contribution >= 4 is 40.2 Å². The van der Waals surface area contributed by atoms with Gasteiger partial charge >= 0.3 is 5.97 Å². The molecular formula is C14H18INO3. The summed E-state index contributed by atoms with van der Waals surface area (Å²) in [7, 11) is 0. The molecule has 0 aliphatic carbocycles. The van der Waals surface area contributed by atoms with Crippen molar-refractivity contribution in [3.05, 3.63) is 27.3 Å². The summed E-state index contributed by atoms with van der Waals surface area (Å²) in [6, 6.07) is 5.69. The van der Waals surface area contributed by atoms with Crippen molar-refractivity contribution in [2.24, 2.45) is 5.41 Å². The second-order valence-electron chi connectivity index (χ2n) is 5.42. The highest BCUT2D eigenvalue weighted by molar-refractivity contribution is 14.1. The first-order chi connectivity index (χ1) is 8.69. The largest absolute Gasteiger partial charge is 0.481 e. The Labute approximate surface area is 126 Å². The lowest BCUT2D eigenvalue weighted by Gasteiger charge is -2.21. The lowest BCUT2D eigenvalue weighted by atomic mass is 9.85. The van der Waals surface area contributed by atoms with Gasteiger partial charge in [-0.1, -0.05) is 19.9 Å². The number of anilines is 1. The van der Waals surface area contributed by atoms with Crippen molar-refractivity contribution in [2.45, 2.75) is 33.6 Å². The standard InChI is InChI=1S/C14H18INO3/c1-9-4-5-10(6-11(9)15)16-12(17)7-14(2,3)8-13(18)19/h4-6H,7-8H2,1-3H3,(H,16,17)(H,18,19). The van der Waals surface area contributed by atoms with Crippen LogP contribution in [0.5, 0.6) is 0 Å². The quantitative estimate of drug-likeness (QED) is 0.775. The van der Waals surface area contributed by atoms with Crippen LogP contribution in [0.15, 0.2) is 18.2 Å². The molecule has 0 bridgehead atoms. The smallest absolute Gasteiger partial charge is 0.303 e. The van der Waals surface area contributed by atoms with Gasteiger partial charge in [0.2, 0.25) is 5.91 Å². The Morgan fingerprint density at radius 1 is 1.32 bits per heavy atom. The molecule has 0 atom stereocenters. The minimum atomic E-state index is -0.886. The van der Waals surface area contributed by atoms with Gasteiger partial charge in [-0.15, -0.1) is 0 Å². The predicted molar refractivity (Wildman–Crippen MR) is 83.2 cm³/mol. The SMILES string of the molecule is Cc1ccc(NC(=O)CC(C)(C)CC(=O)O)cc1I. The van der Waals surface area contributed by atoms with Crippen LogP contribution in [0, 0.1) is 15.9 Å². The zero-order chi connectivity index (χ0) is 14.6. The number of aliphatic carboxylic acids is 1. The van der Waals surface area contributed by atoms with Gasteiger partial charge < -0.3 is 10.4 Å². The molecule has 0 fully saturated rings. The molecule has 104 valence electrons. The average molecular weight is 375 g/mol. The summed E-state index contributed by atoms with van der Waals surface area (Å²) >= 11 is 2.21. The van der Waals surface area contributed by atoms with Crippen molar-refractivity contribution in [1.82, 2.24) is 0 Å². The number of halogens is 1. The molecule has 0 aromatic heterocycles. The van der Waals surface area contributed by atoms with Crippen LogP contribution < -0.4 is 5.32 Å². The summed E-state index contributed by atoms with van der Waals surface area (Å²) in [4.78, 5) is 22.6. The molecule has 19 heavy (non-hydrogen) atoms. The molecule has 0 radical (unpaired) electrons. The number of carbonyl (C=O) groups excluding carboxylic acids is 1. The van der Waals surface area contributed by atoms with Gasteiger partial charge in [0.15, 0.2) is 0 Å². The van der Waals surface area contributed by atoms with E-state index in [1.54, 1.807) is 13.8 Å². The minimum absolute atomic E-state index is 0.0220. The number of aryl methyl sites for hydroxylation is 1. The van der Waals surface area contributed by atoms with Gasteiger partial charge in [-0.25, -0.2) is 0 Å². The molecule has 0 aliphatic rings. The number of benzene rings is 1. The first-order valence-corrected chi connectivity index (χ1v) is 7.05. The van der Waals surface area contributed by atoms with E-state index < -0.39 is 11.4 Å². The highest BCUT2D eigenvalue weighted by Gasteiger charge is 2.25. The van der Waals surface area contributed by atoms with E-state index in [0.29, 0.717) is 0 Å². The fourth-order valence-electron chi connectivity index (χ4n) is 1.78. The van der Waals surface area contributed by atoms with E-state index in [2.05, 4.69) is 27.9 Å². The Hall–Kier alpha value is -1.11. The Morgan fingerprint density at radius 3 is 2.47 bits per heavy atom. The predicted octanol–water partition coefficient (Wildman–Crippen LogP) is 3.43. The molecule has 2 N–H and O–H groups in total. The highest BCUT2D eigenvalue weighted by atomic mass is 127. The lowest BCUT2D eigenvalue weighted by Crippen LogP contribution is -2.24. The molecule has 4 nitrogen and oxygen atoms in total. The molecule has 0 spiro atoms. The maximum absolute atomic E-state index is 11.9. The minimum Gasteiger partial charge on any atom is -0.481 e. The molecular weight excluding hydrogens is 357 g/mol. The first kappa shape index (κ1) is 15.9. The summed E-state index contributed by atoms with van der Waals surface area (Å²) in [5, 5.41) is 11.6. The summed E-state index contributed by atoms with van der Waals surface area (Å²) in [5.74, 6) is -1.05. The number of rotatable bonds is 5. The van der Waals surface area contributed by atoms with Crippen molar-refractivity contribution in [1.29, 1.82) is 0 Å². The van der Waals surface area contributed by atoms with Crippen molar-refractivity contribution in [3.8, 4) is 0 Å². The van der Waals surface area contributed by atoms with Crippen LogP contribution >= 0.6 is 22.6 Å². The Bertz CT molecular complexity index is 497. The molecule has 1 aromatic carbocycles. The molecule has 0 aliphatic heterocycles. The maximum Gasteiger partial charge on any atom is 0.303 e. The molecule has 0 saturated carbocycles. The van der Waals surface area contributed by atoms with Gasteiger partial charge in [-0.3, -0.25) is 9.59 Å². The van der Waals surface area contributed by atoms with Gasteiger partial charge in [0.05, 0.1) is 6.42 Å². The summed E-state index contributed by atoms with van der Waals surface area (Å²) in [6.45, 7) is 5.56. The molecule has 1 aromatic rings. The topological polar surface area (TPSA) is 66.4 Å². The van der Waals surface area contributed by atoms with Gasteiger partial charge in [0.25, 0.3) is 0 Å². The lowest BCUT2D eigenvalue weighted by molar-refractivity contribution is -0.139. The van der Waals surface area contributed by atoms with Gasteiger partial charge in [-0.05, 0) is 52.6 Å². The number of hydrogen-bond donors (Lipinski definition) is 2. The van der Waals surface area contributed by atoms with E-state index in [1.807, 2.05) is 25.1 Å². The second-order valence-corrected chi connectivity index (χ2v) is 6.59. The van der Waals surface area contributed by atoms with E-state index in [1.165, 1.54) is 0 Å². The number of carboxylic acid groups (broad SMARTS) is 1. The zero-order valence-electron chi connectivity index (χ0n) is 11.3. The third kappa shape index (κ3) is 5.59. The fraction of sp³-hybridized carbons (Fsp3) is 0.429. The van der Waals surface area contributed by atoms with E-state index in [9.17, 15) is 9.59 Å². The van der Waals surface area contributed by atoms with Gasteiger partial charge in [0, 0.05) is 15.7 Å². The van der Waals surface area contributed by atoms with E-state index in [0.717, 1.165) is 14.8 Å². The molecule has 1 amide bonds. The van der Waals surface area contributed by atoms with Crippen LogP contribution in [-0.2, 0) is 9.59 Å². The molecule has 0 saturated heterocycles. The van der Waals surface area contributed by atoms with Crippen LogP contribution in [0.25, 0.3) is 0 Å². The van der Waals surface area contributed by atoms with Crippen LogP contribution in [0.1, 0.15) is 32.3 Å². The van der Waals surface area contributed by atoms with Crippen LogP contribution in [0.3, 0.4) is 0 Å². The van der Waals surface area contributed by atoms with E-state index in [4.69, 9.17) is 5.11 Å². The molecule has 0 heterocycles. The Morgan fingerprint density at radius 2 is 1.95 bits per heavy atom. The van der Waals surface area contributed by atoms with Crippen LogP contribution in [0.2, 0.25) is 0 Å². The van der Waals surface area contributed by atoms with Crippen molar-refractivity contribution < 1.29 is 14.7 Å². The second kappa shape index (κ2) is 6.36. The molecule has 1 rings (SSSR count). The number of nitrogens with one attached hydrogen (secondary N) is 1. The summed E-state index contributed by atoms with van der Waals surface area (Å²) in [5.41, 5.74) is 1.35. The fourth-order valence-corrected chi connectivity index (χ4v) is 2.30. The van der Waals surface area contributed by atoms with Crippen molar-refractivity contribution in [3.63, 3.8) is 0 Å². The number of carboxylic acids is 1. The number of hydrogen-bond acceptors (Lipinski definition) is 2. The zero-order valence-corrected chi connectivity index (χ0v) is 13.4. The molecule has 0 unspecified atom stereocenters. The van der Waals surface area contributed by atoms with Crippen LogP contribution in [0.4, 0.5) is 5.69 Å². The van der Waals surface area contributed by atoms with Crippen molar-refractivity contribution in [2.75, 3.05) is 5.32 Å². The monoisotopic (exact) mass is 375 g/mol. The Balaban J connectivity index is 2.64. The van der Waals surface area contributed by atoms with E-state index in [-0.39, 0.29) is 18.7 Å². The highest BCUT2D eigenvalue weighted by Crippen LogP contribution is 2.26. The maximum atomic E-state index is 11.9. The summed E-state index contributed by atoms with van der Waals surface area (Å²) in [6.07, 6.45) is 0.162. The number of amides is 1.